The first-order valence-corrected chi connectivity index (χ1v) is 6.19. The van der Waals surface area contributed by atoms with Gasteiger partial charge in [-0.2, -0.15) is 5.26 Å². The fraction of sp³-hybridized carbons (Fsp3) is 0.200. The van der Waals surface area contributed by atoms with Crippen molar-refractivity contribution >= 4 is 5.82 Å². The first-order chi connectivity index (χ1) is 9.33. The molecule has 0 aliphatic heterocycles. The first-order valence-electron chi connectivity index (χ1n) is 6.19. The van der Waals surface area contributed by atoms with Crippen LogP contribution in [0.1, 0.15) is 11.3 Å². The molecule has 0 aliphatic rings. The van der Waals surface area contributed by atoms with Gasteiger partial charge in [-0.1, -0.05) is 36.4 Å². The molecule has 1 heterocycles. The molecule has 2 aromatic rings. The number of pyridine rings is 1. The highest BCUT2D eigenvalue weighted by molar-refractivity contribution is 5.42. The summed E-state index contributed by atoms with van der Waals surface area (Å²) in [6.45, 7) is 1.99. The van der Waals surface area contributed by atoms with Gasteiger partial charge >= 0.3 is 0 Å². The van der Waals surface area contributed by atoms with Crippen molar-refractivity contribution in [2.24, 2.45) is 5.73 Å². The van der Waals surface area contributed by atoms with Gasteiger partial charge in [-0.15, -0.1) is 0 Å². The van der Waals surface area contributed by atoms with E-state index in [1.807, 2.05) is 30.3 Å². The highest BCUT2D eigenvalue weighted by Crippen LogP contribution is 2.14. The number of nitrogens with zero attached hydrogens (tertiary/aromatic N) is 3. The Balaban J connectivity index is 2.22. The largest absolute Gasteiger partial charge is 0.351 e. The lowest BCUT2D eigenvalue weighted by Gasteiger charge is -2.23. The van der Waals surface area contributed by atoms with Gasteiger partial charge in [-0.25, -0.2) is 4.98 Å². The molecular formula is C15H16N4. The molecule has 0 spiro atoms. The third-order valence-electron chi connectivity index (χ3n) is 2.79. The van der Waals surface area contributed by atoms with Crippen molar-refractivity contribution < 1.29 is 0 Å². The van der Waals surface area contributed by atoms with Crippen LogP contribution in [0.2, 0.25) is 0 Å². The molecule has 0 radical (unpaired) electrons. The number of benzene rings is 1. The van der Waals surface area contributed by atoms with E-state index in [1.54, 1.807) is 6.07 Å². The molecule has 0 amide bonds. The van der Waals surface area contributed by atoms with Crippen LogP contribution in [0.3, 0.4) is 0 Å². The highest BCUT2D eigenvalue weighted by atomic mass is 15.2. The smallest absolute Gasteiger partial charge is 0.142 e. The fourth-order valence-corrected chi connectivity index (χ4v) is 1.90. The van der Waals surface area contributed by atoms with E-state index in [9.17, 15) is 0 Å². The fourth-order valence-electron chi connectivity index (χ4n) is 1.90. The number of nitrogens with two attached hydrogens (primary N) is 1. The molecule has 0 saturated carbocycles. The number of rotatable bonds is 5. The Labute approximate surface area is 113 Å². The zero-order valence-corrected chi connectivity index (χ0v) is 10.7. The van der Waals surface area contributed by atoms with Crippen LogP contribution < -0.4 is 10.6 Å². The van der Waals surface area contributed by atoms with E-state index in [4.69, 9.17) is 11.0 Å². The number of nitriles is 1. The summed E-state index contributed by atoms with van der Waals surface area (Å²) in [6, 6.07) is 17.6. The molecule has 0 saturated heterocycles. The average molecular weight is 252 g/mol. The maximum atomic E-state index is 8.91. The van der Waals surface area contributed by atoms with E-state index in [-0.39, 0.29) is 0 Å². The molecule has 2 N–H and O–H groups in total. The van der Waals surface area contributed by atoms with E-state index in [1.165, 1.54) is 5.56 Å². The van der Waals surface area contributed by atoms with Crippen molar-refractivity contribution in [3.63, 3.8) is 0 Å². The Bertz CT molecular complexity index is 560. The number of hydrogen-bond donors (Lipinski definition) is 1. The SMILES string of the molecule is N#Cc1cccc(N(CCN)Cc2ccccc2)n1. The Hall–Kier alpha value is -2.38. The summed E-state index contributed by atoms with van der Waals surface area (Å²) < 4.78 is 0. The van der Waals surface area contributed by atoms with Crippen molar-refractivity contribution in [2.45, 2.75) is 6.54 Å². The Morgan fingerprint density at radius 1 is 1.11 bits per heavy atom. The summed E-state index contributed by atoms with van der Waals surface area (Å²) in [6.07, 6.45) is 0. The minimum atomic E-state index is 0.424. The van der Waals surface area contributed by atoms with Gasteiger partial charge < -0.3 is 10.6 Å². The predicted molar refractivity (Wildman–Crippen MR) is 75.5 cm³/mol. The van der Waals surface area contributed by atoms with Crippen LogP contribution >= 0.6 is 0 Å². The zero-order valence-electron chi connectivity index (χ0n) is 10.7. The summed E-state index contributed by atoms with van der Waals surface area (Å²) in [5.74, 6) is 0.786. The van der Waals surface area contributed by atoms with Crippen LogP contribution in [-0.4, -0.2) is 18.1 Å². The van der Waals surface area contributed by atoms with Gasteiger partial charge in [0.1, 0.15) is 17.6 Å². The second-order valence-corrected chi connectivity index (χ2v) is 4.19. The van der Waals surface area contributed by atoms with Gasteiger partial charge in [-0.05, 0) is 17.7 Å². The topological polar surface area (TPSA) is 65.9 Å². The van der Waals surface area contributed by atoms with Gasteiger partial charge in [0.25, 0.3) is 0 Å². The van der Waals surface area contributed by atoms with Crippen molar-refractivity contribution in [1.82, 2.24) is 4.98 Å². The molecule has 0 atom stereocenters. The Kier molecular flexibility index (Phi) is 4.49. The Morgan fingerprint density at radius 3 is 2.58 bits per heavy atom. The van der Waals surface area contributed by atoms with Crippen molar-refractivity contribution in [3.8, 4) is 6.07 Å². The van der Waals surface area contributed by atoms with E-state index in [0.717, 1.165) is 12.4 Å². The summed E-state index contributed by atoms with van der Waals surface area (Å²) >= 11 is 0. The minimum Gasteiger partial charge on any atom is -0.351 e. The van der Waals surface area contributed by atoms with Crippen LogP contribution in [0, 0.1) is 11.3 Å². The van der Waals surface area contributed by atoms with Crippen molar-refractivity contribution in [1.29, 1.82) is 5.26 Å². The molecule has 19 heavy (non-hydrogen) atoms. The van der Waals surface area contributed by atoms with Gasteiger partial charge in [0.2, 0.25) is 0 Å². The molecule has 0 aliphatic carbocycles. The summed E-state index contributed by atoms with van der Waals surface area (Å²) in [5.41, 5.74) is 7.27. The molecule has 1 aromatic carbocycles. The number of hydrogen-bond acceptors (Lipinski definition) is 4. The maximum Gasteiger partial charge on any atom is 0.142 e. The summed E-state index contributed by atoms with van der Waals surface area (Å²) in [5, 5.41) is 8.91. The van der Waals surface area contributed by atoms with Gasteiger partial charge in [0, 0.05) is 19.6 Å². The summed E-state index contributed by atoms with van der Waals surface area (Å²) in [4.78, 5) is 6.40. The molecule has 4 nitrogen and oxygen atoms in total. The lowest BCUT2D eigenvalue weighted by Crippen LogP contribution is -2.29. The van der Waals surface area contributed by atoms with E-state index < -0.39 is 0 Å². The van der Waals surface area contributed by atoms with Crippen LogP contribution in [0.4, 0.5) is 5.82 Å². The number of aromatic nitrogens is 1. The van der Waals surface area contributed by atoms with Crippen LogP contribution in [-0.2, 0) is 6.54 Å². The third-order valence-corrected chi connectivity index (χ3v) is 2.79. The van der Waals surface area contributed by atoms with Crippen LogP contribution in [0.5, 0.6) is 0 Å². The maximum absolute atomic E-state index is 8.91. The Morgan fingerprint density at radius 2 is 1.89 bits per heavy atom. The average Bonchev–Trinajstić information content (AvgIpc) is 2.48. The standard InChI is InChI=1S/C15H16N4/c16-9-10-19(12-13-5-2-1-3-6-13)15-8-4-7-14(11-17)18-15/h1-8H,9-10,12,16H2. The monoisotopic (exact) mass is 252 g/mol. The van der Waals surface area contributed by atoms with Crippen molar-refractivity contribution in [2.75, 3.05) is 18.0 Å². The van der Waals surface area contributed by atoms with Gasteiger partial charge in [0.15, 0.2) is 0 Å². The summed E-state index contributed by atoms with van der Waals surface area (Å²) in [7, 11) is 0. The van der Waals surface area contributed by atoms with E-state index in [0.29, 0.717) is 18.8 Å². The molecule has 0 bridgehead atoms. The molecule has 4 heteroatoms. The normalized spacial score (nSPS) is 9.89. The lowest BCUT2D eigenvalue weighted by atomic mass is 10.2. The van der Waals surface area contributed by atoms with Crippen LogP contribution in [0.15, 0.2) is 48.5 Å². The van der Waals surface area contributed by atoms with E-state index in [2.05, 4.69) is 28.1 Å². The van der Waals surface area contributed by atoms with Crippen molar-refractivity contribution in [3.05, 3.63) is 59.8 Å². The predicted octanol–water partition coefficient (Wildman–Crippen LogP) is 1.92. The van der Waals surface area contributed by atoms with E-state index >= 15 is 0 Å². The molecule has 0 unspecified atom stereocenters. The lowest BCUT2D eigenvalue weighted by molar-refractivity contribution is 0.775. The minimum absolute atomic E-state index is 0.424. The second-order valence-electron chi connectivity index (χ2n) is 4.19. The first kappa shape index (κ1) is 13.1. The molecule has 2 rings (SSSR count). The third kappa shape index (κ3) is 3.54. The molecule has 1 aromatic heterocycles. The van der Waals surface area contributed by atoms with Gasteiger partial charge in [-0.3, -0.25) is 0 Å². The highest BCUT2D eigenvalue weighted by Gasteiger charge is 2.08. The second kappa shape index (κ2) is 6.53. The number of anilines is 1. The zero-order chi connectivity index (χ0) is 13.5. The van der Waals surface area contributed by atoms with Gasteiger partial charge in [0.05, 0.1) is 0 Å². The quantitative estimate of drug-likeness (QED) is 0.882. The molecular weight excluding hydrogens is 236 g/mol. The van der Waals surface area contributed by atoms with Crippen LogP contribution in [0.25, 0.3) is 0 Å². The molecule has 96 valence electrons. The molecule has 0 fully saturated rings.